The van der Waals surface area contributed by atoms with Gasteiger partial charge in [0.2, 0.25) is 23.7 Å². The zero-order valence-corrected chi connectivity index (χ0v) is 50.2. The van der Waals surface area contributed by atoms with Gasteiger partial charge in [0, 0.05) is 23.9 Å². The molecule has 0 spiro atoms. The molecule has 4 heterocycles. The van der Waals surface area contributed by atoms with Gasteiger partial charge in [0.1, 0.15) is 40.8 Å². The number of imide groups is 4. The van der Waals surface area contributed by atoms with E-state index in [9.17, 15) is 28.8 Å². The van der Waals surface area contributed by atoms with Crippen molar-refractivity contribution < 1.29 is 28.8 Å². The van der Waals surface area contributed by atoms with E-state index in [0.29, 0.717) is 11.1 Å². The molecule has 2 aliphatic heterocycles. The molecule has 0 unspecified atom stereocenters. The van der Waals surface area contributed by atoms with Gasteiger partial charge in [-0.2, -0.15) is 19.9 Å². The van der Waals surface area contributed by atoms with Crippen molar-refractivity contribution in [1.29, 1.82) is 0 Å². The van der Waals surface area contributed by atoms with Gasteiger partial charge in [-0.3, -0.25) is 40.4 Å². The average Bonchev–Trinajstić information content (AvgIpc) is 0.788. The average molecular weight is 1290 g/mol. The SMILES string of the molecule is C.C.C#CC#CC#CC#CC#CC#CC.C#CC#CC#CC#CC#CC#CC#C.C#CC#CC#CC#CC1(C#CC#CC#CC#C)C(=O)NC(=O)NC1=O.C#CC#CC#CC#Cc1c(N)nc(N)nc1N.C#CC#CC#CC#Cc1c(N)nc(N)nc1N.O=C1CC(=O)NC(=O)N1.[B].[B][B]. The molecule has 2 aromatic heterocycles. The van der Waals surface area contributed by atoms with Crippen LogP contribution in [-0.2, 0) is 19.2 Å². The Hall–Kier alpha value is -18.4. The number of urea groups is 2. The second-order valence-corrected chi connectivity index (χ2v) is 13.7. The monoisotopic (exact) mass is 1290 g/mol. The summed E-state index contributed by atoms with van der Waals surface area (Å²) < 4.78 is 0. The highest BCUT2D eigenvalue weighted by molar-refractivity contribution is 6.75. The van der Waals surface area contributed by atoms with Crippen LogP contribution in [-0.4, -0.2) is 79.5 Å². The Balaban J connectivity index is -0.000000268. The lowest BCUT2D eigenvalue weighted by atomic mass is 9.81. The van der Waals surface area contributed by atoms with Gasteiger partial charge < -0.3 is 34.4 Å². The number of barbiturate groups is 2. The summed E-state index contributed by atoms with van der Waals surface area (Å²) in [6.45, 7) is 1.71. The summed E-state index contributed by atoms with van der Waals surface area (Å²) in [5, 5.41) is 7.61. The zero-order chi connectivity index (χ0) is 73.0. The van der Waals surface area contributed by atoms with Gasteiger partial charge in [-0.1, -0.05) is 20.8 Å². The third kappa shape index (κ3) is 48.6. The molecule has 4 rings (SSSR count). The van der Waals surface area contributed by atoms with Crippen molar-refractivity contribution in [1.82, 2.24) is 41.2 Å². The van der Waals surface area contributed by atoms with Gasteiger partial charge >= 0.3 is 12.1 Å². The molecule has 20 nitrogen and oxygen atoms in total. The Morgan fingerprint density at radius 1 is 0.330 bits per heavy atom. The van der Waals surface area contributed by atoms with E-state index in [4.69, 9.17) is 79.4 Å². The second-order valence-electron chi connectivity index (χ2n) is 13.7. The molecule has 2 fully saturated rings. The normalized spacial score (nSPS) is 8.18. The van der Waals surface area contributed by atoms with Crippen molar-refractivity contribution in [3.05, 3.63) is 11.1 Å². The number of carbonyl (C=O) groups is 6. The minimum atomic E-state index is -2.16. The van der Waals surface area contributed by atoms with Crippen LogP contribution in [0.2, 0.25) is 0 Å². The lowest BCUT2D eigenvalue weighted by Crippen LogP contribution is -2.61. The first kappa shape index (κ1) is 92.8. The minimum absolute atomic E-state index is 0. The Morgan fingerprint density at radius 2 is 0.530 bits per heavy atom. The van der Waals surface area contributed by atoms with Gasteiger partial charge in [-0.15, -0.1) is 45.0 Å². The summed E-state index contributed by atoms with van der Waals surface area (Å²) in [4.78, 5) is 81.0. The number of carbonyl (C=O) groups excluding carboxylic acids is 6. The Labute approximate surface area is 587 Å². The van der Waals surface area contributed by atoms with E-state index < -0.39 is 41.1 Å². The van der Waals surface area contributed by atoms with Crippen LogP contribution in [0.1, 0.15) is 39.3 Å². The molecular weight excluding hydrogens is 1250 g/mol. The number of hydrogen-bond acceptors (Lipinski definition) is 16. The van der Waals surface area contributed by atoms with E-state index in [1.54, 1.807) is 6.92 Å². The van der Waals surface area contributed by atoms with Gasteiger partial charge in [-0.05, 0) is 303 Å². The van der Waals surface area contributed by atoms with Gasteiger partial charge in [0.05, 0.1) is 0 Å². The number of anilines is 6. The summed E-state index contributed by atoms with van der Waals surface area (Å²) in [7, 11) is 8.00. The van der Waals surface area contributed by atoms with Crippen molar-refractivity contribution in [3.63, 3.8) is 0 Å². The Morgan fingerprint density at radius 3 is 0.750 bits per heavy atom. The molecule has 0 atom stereocenters. The summed E-state index contributed by atoms with van der Waals surface area (Å²) in [5.41, 5.74) is 31.4. The predicted molar refractivity (Wildman–Crippen MR) is 388 cm³/mol. The number of nitrogens with zero attached hydrogens (tertiary/aromatic N) is 4. The molecule has 2 saturated heterocycles. The number of aromatic nitrogens is 4. The number of amides is 8. The third-order valence-electron chi connectivity index (χ3n) is 7.49. The van der Waals surface area contributed by atoms with Crippen molar-refractivity contribution >= 4 is 94.7 Å². The highest BCUT2D eigenvalue weighted by Gasteiger charge is 2.48. The molecule has 0 saturated carbocycles. The topological polar surface area (TPSA) is 358 Å². The maximum absolute atomic E-state index is 12.1. The molecule has 8 amide bonds. The predicted octanol–water partition coefficient (Wildman–Crippen LogP) is -3.15. The summed E-state index contributed by atoms with van der Waals surface area (Å²) in [6, 6.07) is -1.72. The standard InChI is InChI=1S/C20H4N2O3.C14H2.C13H4.2C12H7N5.C4H4N2O3.2CH4.B2.B/c1-3-5-7-9-11-13-15-20(16-14-12-10-8-6-4-2)17(23)21-19(25)22-18(20)24;1-3-5-7-9-11-13-14-12-10-8-6-4-2;1-3-5-7-9-11-13-12-10-8-6-4-2;2*1-2-3-4-5-6-7-8-9-10(13)16-12(15)17-11(9)14;7-2-1-3(8)6-4(9)5-2;;;1-2;/h1-2H,(H2,21,22,23,24,25);1-2H;1H,2H3;2*1H,(H6,13,14,15,16,17);1H2,(H2,5,6,7,8,9);2*1H4;;. The highest BCUT2D eigenvalue weighted by Crippen LogP contribution is 2.19. The molecule has 2 aliphatic rings. The fourth-order valence-corrected chi connectivity index (χ4v) is 4.19. The largest absolute Gasteiger partial charge is 0.382 e. The van der Waals surface area contributed by atoms with E-state index in [2.05, 4.69) is 326 Å². The molecule has 0 aromatic carbocycles. The quantitative estimate of drug-likeness (QED) is 0.0708. The maximum Gasteiger partial charge on any atom is 0.328 e. The fourth-order valence-electron chi connectivity index (χ4n) is 4.19. The number of nitrogens with one attached hydrogen (secondary N) is 4. The number of nitrogens with two attached hydrogens (primary N) is 6. The van der Waals surface area contributed by atoms with Crippen LogP contribution in [0, 0.1) is 352 Å². The van der Waals surface area contributed by atoms with Gasteiger partial charge in [-0.25, -0.2) is 9.59 Å². The van der Waals surface area contributed by atoms with E-state index >= 15 is 0 Å². The van der Waals surface area contributed by atoms with Gasteiger partial charge in [0.25, 0.3) is 17.2 Å². The molecule has 23 heteroatoms. The third-order valence-corrected chi connectivity index (χ3v) is 7.49. The van der Waals surface area contributed by atoms with Gasteiger partial charge in [0.15, 0.2) is 0 Å². The molecule has 459 valence electrons. The van der Waals surface area contributed by atoms with Crippen LogP contribution in [0.5, 0.6) is 0 Å². The number of terminal acetylenes is 7. The maximum atomic E-state index is 12.1. The van der Waals surface area contributed by atoms with Crippen LogP contribution in [0.3, 0.4) is 0 Å². The molecule has 16 N–H and O–H groups in total. The first-order chi connectivity index (χ1) is 46.9. The second kappa shape index (κ2) is 63.6. The van der Waals surface area contributed by atoms with E-state index in [1.807, 2.05) is 33.1 Å². The van der Waals surface area contributed by atoms with Crippen LogP contribution in [0.25, 0.3) is 0 Å². The highest BCUT2D eigenvalue weighted by atomic mass is 16.2. The van der Waals surface area contributed by atoms with E-state index in [1.165, 1.54) is 0 Å². The number of rotatable bonds is 0. The van der Waals surface area contributed by atoms with E-state index in [0.717, 1.165) is 0 Å². The lowest BCUT2D eigenvalue weighted by Gasteiger charge is -2.24. The zero-order valence-electron chi connectivity index (χ0n) is 50.2. The Kier molecular flexibility index (Phi) is 59.0. The van der Waals surface area contributed by atoms with Crippen LogP contribution in [0.15, 0.2) is 0 Å². The molecule has 0 bridgehead atoms. The summed E-state index contributed by atoms with van der Waals surface area (Å²) >= 11 is 0. The van der Waals surface area contributed by atoms with Crippen molar-refractivity contribution in [3.8, 4) is 347 Å². The molecule has 2 aromatic rings. The first-order valence-electron chi connectivity index (χ1n) is 24.1. The molecule has 100 heavy (non-hydrogen) atoms. The van der Waals surface area contributed by atoms with Crippen molar-refractivity contribution in [2.45, 2.75) is 28.2 Å². The van der Waals surface area contributed by atoms with Crippen LogP contribution < -0.4 is 55.7 Å². The molecular formula is C77H36B3N14O6. The smallest absolute Gasteiger partial charge is 0.328 e. The van der Waals surface area contributed by atoms with Crippen molar-refractivity contribution in [2.75, 3.05) is 34.4 Å². The molecule has 0 aliphatic carbocycles. The molecule has 7 radical (unpaired) electrons. The number of nitrogen functional groups attached to an aromatic ring is 6. The van der Waals surface area contributed by atoms with Crippen molar-refractivity contribution in [2.24, 2.45) is 5.41 Å². The van der Waals surface area contributed by atoms with Crippen LogP contribution in [0.4, 0.5) is 44.8 Å². The lowest BCUT2D eigenvalue weighted by molar-refractivity contribution is -0.137. The summed E-state index contributed by atoms with van der Waals surface area (Å²) in [5.74, 6) is 118. The summed E-state index contributed by atoms with van der Waals surface area (Å²) in [6.07, 6.45) is 33.9. The van der Waals surface area contributed by atoms with Crippen LogP contribution >= 0.6 is 0 Å². The minimum Gasteiger partial charge on any atom is -0.382 e. The Bertz CT molecular complexity index is 5070. The number of hydrogen-bond donors (Lipinski definition) is 10. The van der Waals surface area contributed by atoms with E-state index in [-0.39, 0.29) is 64.9 Å². The first-order valence-corrected chi connectivity index (χ1v) is 24.1. The fraction of sp³-hybridized carbons (Fsp3) is 0.0649.